The van der Waals surface area contributed by atoms with Crippen molar-refractivity contribution in [3.63, 3.8) is 0 Å². The van der Waals surface area contributed by atoms with Crippen molar-refractivity contribution in [1.82, 2.24) is 0 Å². The number of allylic oxidation sites excluding steroid dienone is 1. The highest BCUT2D eigenvalue weighted by atomic mass is 16.5. The van der Waals surface area contributed by atoms with Gasteiger partial charge in [-0.25, -0.2) is 4.79 Å². The molecule has 7 nitrogen and oxygen atoms in total. The number of hydrogen-bond acceptors (Lipinski definition) is 7. The third-order valence-electron chi connectivity index (χ3n) is 10.7. The number of ether oxygens (including phenoxy) is 1. The first-order valence-corrected chi connectivity index (χ1v) is 13.0. The minimum absolute atomic E-state index is 0.0172. The number of aliphatic hydroxyl groups is 4. The lowest BCUT2D eigenvalue weighted by Crippen LogP contribution is -2.78. The Bertz CT molecular complexity index is 984. The number of hydrogen-bond donors (Lipinski definition) is 4. The van der Waals surface area contributed by atoms with E-state index < -0.39 is 57.5 Å². The summed E-state index contributed by atoms with van der Waals surface area (Å²) in [7, 11) is 0. The van der Waals surface area contributed by atoms with Crippen LogP contribution in [0.15, 0.2) is 23.3 Å². The Labute approximate surface area is 208 Å². The molecule has 4 N–H and O–H groups in total. The van der Waals surface area contributed by atoms with Gasteiger partial charge in [-0.3, -0.25) is 4.79 Å². The summed E-state index contributed by atoms with van der Waals surface area (Å²) < 4.78 is 6.01. The Balaban J connectivity index is 1.85. The van der Waals surface area contributed by atoms with Crippen molar-refractivity contribution < 1.29 is 34.8 Å². The average molecular weight is 491 g/mol. The minimum Gasteiger partial charge on any atom is -0.458 e. The van der Waals surface area contributed by atoms with Crippen LogP contribution < -0.4 is 0 Å². The van der Waals surface area contributed by atoms with Gasteiger partial charge in [-0.2, -0.15) is 0 Å². The fourth-order valence-electron chi connectivity index (χ4n) is 7.90. The van der Waals surface area contributed by atoms with Gasteiger partial charge in [0.25, 0.3) is 0 Å². The molecule has 8 atom stereocenters. The summed E-state index contributed by atoms with van der Waals surface area (Å²) in [6.45, 7) is 10.7. The van der Waals surface area contributed by atoms with Crippen LogP contribution in [0.25, 0.3) is 0 Å². The minimum atomic E-state index is -1.95. The summed E-state index contributed by atoms with van der Waals surface area (Å²) in [6.07, 6.45) is 4.01. The molecule has 0 heterocycles. The van der Waals surface area contributed by atoms with Crippen LogP contribution in [0.3, 0.4) is 0 Å². The van der Waals surface area contributed by atoms with Gasteiger partial charge in [-0.1, -0.05) is 38.0 Å². The number of fused-ring (bicyclic) bond motifs is 5. The van der Waals surface area contributed by atoms with Gasteiger partial charge in [0.05, 0.1) is 11.5 Å². The number of carbonyl (C=O) groups is 2. The summed E-state index contributed by atoms with van der Waals surface area (Å²) in [5.41, 5.74) is -5.62. The molecule has 0 unspecified atom stereocenters. The monoisotopic (exact) mass is 490 g/mol. The molecule has 0 spiro atoms. The zero-order chi connectivity index (χ0) is 26.2. The quantitative estimate of drug-likeness (QED) is 0.271. The Hall–Kier alpha value is -1.54. The molecule has 35 heavy (non-hydrogen) atoms. The fourth-order valence-corrected chi connectivity index (χ4v) is 7.90. The van der Waals surface area contributed by atoms with Gasteiger partial charge in [0.15, 0.2) is 5.78 Å². The Morgan fingerprint density at radius 2 is 1.77 bits per heavy atom. The standard InChI is InChI=1S/C28H42O7/c1-16(2)17(3)13-23(31)35-22-15-21-24(5)9-8-20(30)14-19(24)7-10-27(21,33)28(34)12-11-26(32,18(4)29)25(22,28)6/h7,13,16,20-22,30,32-34H,8-12,14-15H2,1-6H3/t20-,21+,22+,24-,25+,26+,27-,28+/m0/s1. The normalized spacial score (nSPS) is 47.5. The van der Waals surface area contributed by atoms with Gasteiger partial charge in [0.1, 0.15) is 22.9 Å². The topological polar surface area (TPSA) is 124 Å². The first-order chi connectivity index (χ1) is 16.1. The molecule has 7 heteroatoms. The van der Waals surface area contributed by atoms with Crippen molar-refractivity contribution in [3.05, 3.63) is 23.3 Å². The molecule has 0 amide bonds. The highest BCUT2D eigenvalue weighted by Gasteiger charge is 2.81. The van der Waals surface area contributed by atoms with Crippen LogP contribution in [-0.2, 0) is 14.3 Å². The zero-order valence-electron chi connectivity index (χ0n) is 21.9. The van der Waals surface area contributed by atoms with Gasteiger partial charge >= 0.3 is 5.97 Å². The van der Waals surface area contributed by atoms with Crippen molar-refractivity contribution in [3.8, 4) is 0 Å². The summed E-state index contributed by atoms with van der Waals surface area (Å²) >= 11 is 0. The SMILES string of the molecule is CC(=O)[C@]1(O)CC[C@@]2(O)[C@]1(C)[C@H](OC(=O)C=C(C)C(C)C)C[C@@H]1[C@@]3(C)CC[C@H](O)CC3=CC[C@]12O. The van der Waals surface area contributed by atoms with E-state index in [0.29, 0.717) is 19.3 Å². The number of esters is 1. The lowest BCUT2D eigenvalue weighted by Gasteiger charge is -2.67. The smallest absolute Gasteiger partial charge is 0.330 e. The molecule has 196 valence electrons. The van der Waals surface area contributed by atoms with Gasteiger partial charge < -0.3 is 25.2 Å². The number of ketones is 1. The van der Waals surface area contributed by atoms with E-state index in [9.17, 15) is 30.0 Å². The maximum atomic E-state index is 13.0. The molecule has 0 aromatic rings. The van der Waals surface area contributed by atoms with E-state index in [1.54, 1.807) is 6.92 Å². The van der Waals surface area contributed by atoms with Crippen LogP contribution in [0.1, 0.15) is 86.5 Å². The predicted molar refractivity (Wildman–Crippen MR) is 130 cm³/mol. The van der Waals surface area contributed by atoms with Crippen LogP contribution in [-0.4, -0.2) is 61.2 Å². The molecule has 0 bridgehead atoms. The lowest BCUT2D eigenvalue weighted by atomic mass is 9.42. The number of aliphatic hydroxyl groups excluding tert-OH is 1. The average Bonchev–Trinajstić information content (AvgIpc) is 3.00. The maximum Gasteiger partial charge on any atom is 0.330 e. The summed E-state index contributed by atoms with van der Waals surface area (Å²) in [5, 5.41) is 46.7. The van der Waals surface area contributed by atoms with Crippen LogP contribution in [0.4, 0.5) is 0 Å². The molecule has 4 rings (SSSR count). The summed E-state index contributed by atoms with van der Waals surface area (Å²) in [4.78, 5) is 25.9. The van der Waals surface area contributed by atoms with Crippen molar-refractivity contribution in [2.45, 2.75) is 115 Å². The Kier molecular flexibility index (Phi) is 6.24. The van der Waals surface area contributed by atoms with Gasteiger partial charge in [0.2, 0.25) is 0 Å². The highest BCUT2D eigenvalue weighted by Crippen LogP contribution is 2.70. The second-order valence-corrected chi connectivity index (χ2v) is 12.4. The zero-order valence-corrected chi connectivity index (χ0v) is 21.9. The van der Waals surface area contributed by atoms with Crippen molar-refractivity contribution in [1.29, 1.82) is 0 Å². The van der Waals surface area contributed by atoms with Crippen LogP contribution in [0.2, 0.25) is 0 Å². The molecule has 0 saturated heterocycles. The third kappa shape index (κ3) is 3.38. The Morgan fingerprint density at radius 1 is 1.11 bits per heavy atom. The Morgan fingerprint density at radius 3 is 2.37 bits per heavy atom. The van der Waals surface area contributed by atoms with E-state index in [1.165, 1.54) is 13.0 Å². The van der Waals surface area contributed by atoms with Crippen molar-refractivity contribution >= 4 is 11.8 Å². The van der Waals surface area contributed by atoms with E-state index in [0.717, 1.165) is 11.1 Å². The largest absolute Gasteiger partial charge is 0.458 e. The molecule has 3 fully saturated rings. The molecule has 0 aliphatic heterocycles. The van der Waals surface area contributed by atoms with E-state index in [4.69, 9.17) is 4.74 Å². The summed E-state index contributed by atoms with van der Waals surface area (Å²) in [5.74, 6) is -1.41. The number of rotatable bonds is 4. The van der Waals surface area contributed by atoms with Gasteiger partial charge in [-0.05, 0) is 77.0 Å². The fraction of sp³-hybridized carbons (Fsp3) is 0.786. The van der Waals surface area contributed by atoms with Crippen LogP contribution in [0.5, 0.6) is 0 Å². The molecule has 4 aliphatic carbocycles. The van der Waals surface area contributed by atoms with Crippen molar-refractivity contribution in [2.75, 3.05) is 0 Å². The van der Waals surface area contributed by atoms with E-state index >= 15 is 0 Å². The molecular formula is C28H42O7. The first kappa shape index (κ1) is 26.5. The van der Waals surface area contributed by atoms with Crippen LogP contribution >= 0.6 is 0 Å². The van der Waals surface area contributed by atoms with E-state index in [1.807, 2.05) is 26.8 Å². The molecule has 0 aromatic carbocycles. The summed E-state index contributed by atoms with van der Waals surface area (Å²) in [6, 6.07) is 0. The van der Waals surface area contributed by atoms with Crippen molar-refractivity contribution in [2.24, 2.45) is 22.7 Å². The van der Waals surface area contributed by atoms with Gasteiger partial charge in [0, 0.05) is 12.0 Å². The van der Waals surface area contributed by atoms with E-state index in [2.05, 4.69) is 6.92 Å². The molecule has 4 aliphatic rings. The molecule has 0 aromatic heterocycles. The predicted octanol–water partition coefficient (Wildman–Crippen LogP) is 2.98. The number of carbonyl (C=O) groups excluding carboxylic acids is 2. The van der Waals surface area contributed by atoms with E-state index in [-0.39, 0.29) is 31.6 Å². The highest BCUT2D eigenvalue weighted by molar-refractivity contribution is 5.87. The molecular weight excluding hydrogens is 448 g/mol. The third-order valence-corrected chi connectivity index (χ3v) is 10.7. The molecule has 0 radical (unpaired) electrons. The first-order valence-electron chi connectivity index (χ1n) is 13.0. The molecule has 3 saturated carbocycles. The number of Topliss-reactive ketones (excluding diaryl/α,β-unsaturated/α-hetero) is 1. The maximum absolute atomic E-state index is 13.0. The second kappa shape index (κ2) is 8.23. The van der Waals surface area contributed by atoms with Gasteiger partial charge in [-0.15, -0.1) is 0 Å². The lowest BCUT2D eigenvalue weighted by molar-refractivity contribution is -0.314. The second-order valence-electron chi connectivity index (χ2n) is 12.4. The van der Waals surface area contributed by atoms with Crippen LogP contribution in [0, 0.1) is 22.7 Å².